The Balaban J connectivity index is 2.05. The zero-order chi connectivity index (χ0) is 11.8. The molecule has 0 aliphatic heterocycles. The van der Waals surface area contributed by atoms with Gasteiger partial charge in [-0.05, 0) is 31.7 Å². The monoisotopic (exact) mass is 234 g/mol. The summed E-state index contributed by atoms with van der Waals surface area (Å²) in [5.41, 5.74) is -0.567. The van der Waals surface area contributed by atoms with Crippen LogP contribution in [0.4, 0.5) is 13.2 Å². The predicted octanol–water partition coefficient (Wildman–Crippen LogP) is 3.22. The zero-order valence-corrected chi connectivity index (χ0v) is 8.63. The van der Waals surface area contributed by atoms with Gasteiger partial charge < -0.3 is 9.52 Å². The molecule has 0 spiro atoms. The van der Waals surface area contributed by atoms with Gasteiger partial charge in [-0.3, -0.25) is 0 Å². The lowest BCUT2D eigenvalue weighted by atomic mass is 9.76. The standard InChI is InChI=1S/C11H13F3O2/c12-11(13,14)8-1-4-10(15,5-2-8)9-3-6-16-7-9/h3,6-8,15H,1-2,4-5H2. The van der Waals surface area contributed by atoms with Crippen LogP contribution in [0.3, 0.4) is 0 Å². The molecule has 5 heteroatoms. The number of furan rings is 1. The van der Waals surface area contributed by atoms with Gasteiger partial charge in [0.1, 0.15) is 0 Å². The molecule has 0 atom stereocenters. The van der Waals surface area contributed by atoms with Crippen LogP contribution in [-0.4, -0.2) is 11.3 Å². The molecule has 0 radical (unpaired) electrons. The molecule has 2 nitrogen and oxygen atoms in total. The van der Waals surface area contributed by atoms with Gasteiger partial charge in [-0.15, -0.1) is 0 Å². The first-order valence-electron chi connectivity index (χ1n) is 5.23. The molecule has 1 heterocycles. The average molecular weight is 234 g/mol. The molecule has 0 bridgehead atoms. The van der Waals surface area contributed by atoms with Gasteiger partial charge in [0.2, 0.25) is 0 Å². The first-order chi connectivity index (χ1) is 7.42. The lowest BCUT2D eigenvalue weighted by Gasteiger charge is -2.36. The minimum Gasteiger partial charge on any atom is -0.472 e. The third-order valence-corrected chi connectivity index (χ3v) is 3.33. The fraction of sp³-hybridized carbons (Fsp3) is 0.636. The van der Waals surface area contributed by atoms with Gasteiger partial charge in [0.15, 0.2) is 0 Å². The summed E-state index contributed by atoms with van der Waals surface area (Å²) < 4.78 is 42.2. The van der Waals surface area contributed by atoms with Gasteiger partial charge in [-0.25, -0.2) is 0 Å². The molecular formula is C11H13F3O2. The Morgan fingerprint density at radius 1 is 1.31 bits per heavy atom. The van der Waals surface area contributed by atoms with Crippen molar-refractivity contribution in [2.75, 3.05) is 0 Å². The fourth-order valence-corrected chi connectivity index (χ4v) is 2.24. The van der Waals surface area contributed by atoms with E-state index in [1.165, 1.54) is 12.5 Å². The second kappa shape index (κ2) is 3.80. The first-order valence-corrected chi connectivity index (χ1v) is 5.23. The molecule has 1 saturated carbocycles. The number of hydrogen-bond acceptors (Lipinski definition) is 2. The minimum atomic E-state index is -4.14. The first kappa shape index (κ1) is 11.5. The number of halogens is 3. The van der Waals surface area contributed by atoms with Gasteiger partial charge in [0.25, 0.3) is 0 Å². The van der Waals surface area contributed by atoms with Crippen LogP contribution in [-0.2, 0) is 5.60 Å². The van der Waals surface area contributed by atoms with Crippen LogP contribution in [0, 0.1) is 5.92 Å². The smallest absolute Gasteiger partial charge is 0.391 e. The Kier molecular flexibility index (Phi) is 2.74. The van der Waals surface area contributed by atoms with Crippen molar-refractivity contribution in [1.82, 2.24) is 0 Å². The molecule has 1 N–H and O–H groups in total. The highest BCUT2D eigenvalue weighted by molar-refractivity contribution is 5.17. The maximum Gasteiger partial charge on any atom is 0.391 e. The molecule has 1 aliphatic carbocycles. The largest absolute Gasteiger partial charge is 0.472 e. The summed E-state index contributed by atoms with van der Waals surface area (Å²) >= 11 is 0. The SMILES string of the molecule is OC1(c2ccoc2)CCC(C(F)(F)F)CC1. The number of rotatable bonds is 1. The Hall–Kier alpha value is -0.970. The van der Waals surface area contributed by atoms with E-state index in [1.807, 2.05) is 0 Å². The van der Waals surface area contributed by atoms with Crippen molar-refractivity contribution in [2.45, 2.75) is 37.5 Å². The van der Waals surface area contributed by atoms with E-state index in [4.69, 9.17) is 4.42 Å². The average Bonchev–Trinajstić information content (AvgIpc) is 2.70. The molecule has 1 aromatic rings. The molecule has 0 unspecified atom stereocenters. The Morgan fingerprint density at radius 3 is 2.38 bits per heavy atom. The summed E-state index contributed by atoms with van der Waals surface area (Å²) in [5, 5.41) is 10.2. The summed E-state index contributed by atoms with van der Waals surface area (Å²) in [4.78, 5) is 0. The fourth-order valence-electron chi connectivity index (χ4n) is 2.24. The van der Waals surface area contributed by atoms with Crippen molar-refractivity contribution < 1.29 is 22.7 Å². The van der Waals surface area contributed by atoms with E-state index < -0.39 is 17.7 Å². The van der Waals surface area contributed by atoms with Crippen molar-refractivity contribution in [2.24, 2.45) is 5.92 Å². The Labute approximate surface area is 91.1 Å². The highest BCUT2D eigenvalue weighted by atomic mass is 19.4. The zero-order valence-electron chi connectivity index (χ0n) is 8.63. The second-order valence-electron chi connectivity index (χ2n) is 4.36. The van der Waals surface area contributed by atoms with E-state index in [1.54, 1.807) is 6.07 Å². The molecule has 0 aromatic carbocycles. The van der Waals surface area contributed by atoms with Gasteiger partial charge in [-0.1, -0.05) is 0 Å². The maximum absolute atomic E-state index is 12.4. The summed E-state index contributed by atoms with van der Waals surface area (Å²) in [6.07, 6.45) is -1.10. The lowest BCUT2D eigenvalue weighted by molar-refractivity contribution is -0.193. The van der Waals surface area contributed by atoms with Gasteiger partial charge >= 0.3 is 6.18 Å². The van der Waals surface area contributed by atoms with Gasteiger partial charge in [-0.2, -0.15) is 13.2 Å². The van der Waals surface area contributed by atoms with E-state index in [0.717, 1.165) is 0 Å². The Bertz CT molecular complexity index is 335. The highest BCUT2D eigenvalue weighted by Gasteiger charge is 2.45. The van der Waals surface area contributed by atoms with Crippen molar-refractivity contribution >= 4 is 0 Å². The second-order valence-corrected chi connectivity index (χ2v) is 4.36. The van der Waals surface area contributed by atoms with Crippen LogP contribution < -0.4 is 0 Å². The normalized spacial score (nSPS) is 31.6. The third kappa shape index (κ3) is 2.09. The van der Waals surface area contributed by atoms with E-state index in [2.05, 4.69) is 0 Å². The predicted molar refractivity (Wildman–Crippen MR) is 50.6 cm³/mol. The quantitative estimate of drug-likeness (QED) is 0.809. The van der Waals surface area contributed by atoms with Gasteiger partial charge in [0, 0.05) is 5.56 Å². The third-order valence-electron chi connectivity index (χ3n) is 3.33. The van der Waals surface area contributed by atoms with Crippen LogP contribution in [0.5, 0.6) is 0 Å². The van der Waals surface area contributed by atoms with E-state index in [0.29, 0.717) is 5.56 Å². The van der Waals surface area contributed by atoms with E-state index >= 15 is 0 Å². The summed E-state index contributed by atoms with van der Waals surface area (Å²) in [5.74, 6) is -1.28. The lowest BCUT2D eigenvalue weighted by Crippen LogP contribution is -2.36. The molecule has 0 saturated heterocycles. The van der Waals surface area contributed by atoms with Crippen LogP contribution in [0.2, 0.25) is 0 Å². The molecule has 1 aliphatic rings. The minimum absolute atomic E-state index is 0.0226. The molecular weight excluding hydrogens is 221 g/mol. The topological polar surface area (TPSA) is 33.4 Å². The van der Waals surface area contributed by atoms with Crippen LogP contribution in [0.15, 0.2) is 23.0 Å². The van der Waals surface area contributed by atoms with Gasteiger partial charge in [0.05, 0.1) is 24.0 Å². The number of hydrogen-bond donors (Lipinski definition) is 1. The van der Waals surface area contributed by atoms with Crippen molar-refractivity contribution in [3.05, 3.63) is 24.2 Å². The van der Waals surface area contributed by atoms with E-state index in [9.17, 15) is 18.3 Å². The van der Waals surface area contributed by atoms with Crippen molar-refractivity contribution in [1.29, 1.82) is 0 Å². The molecule has 2 rings (SSSR count). The maximum atomic E-state index is 12.4. The summed E-state index contributed by atoms with van der Waals surface area (Å²) in [6.45, 7) is 0. The van der Waals surface area contributed by atoms with Crippen molar-refractivity contribution in [3.8, 4) is 0 Å². The molecule has 1 fully saturated rings. The van der Waals surface area contributed by atoms with Crippen LogP contribution in [0.25, 0.3) is 0 Å². The summed E-state index contributed by atoms with van der Waals surface area (Å²) in [7, 11) is 0. The molecule has 1 aromatic heterocycles. The van der Waals surface area contributed by atoms with Crippen LogP contribution >= 0.6 is 0 Å². The van der Waals surface area contributed by atoms with Crippen LogP contribution in [0.1, 0.15) is 31.2 Å². The Morgan fingerprint density at radius 2 is 1.94 bits per heavy atom. The van der Waals surface area contributed by atoms with Crippen molar-refractivity contribution in [3.63, 3.8) is 0 Å². The summed E-state index contributed by atoms with van der Waals surface area (Å²) in [6, 6.07) is 1.61. The molecule has 16 heavy (non-hydrogen) atoms. The van der Waals surface area contributed by atoms with E-state index in [-0.39, 0.29) is 25.7 Å². The highest BCUT2D eigenvalue weighted by Crippen LogP contribution is 2.45. The molecule has 90 valence electrons. The molecule has 0 amide bonds. The number of aliphatic hydroxyl groups is 1. The number of alkyl halides is 3.